The van der Waals surface area contributed by atoms with Gasteiger partial charge < -0.3 is 15.1 Å². The minimum atomic E-state index is -0.574. The summed E-state index contributed by atoms with van der Waals surface area (Å²) in [6.07, 6.45) is 6.93. The van der Waals surface area contributed by atoms with E-state index in [1.54, 1.807) is 0 Å². The molecule has 1 saturated carbocycles. The lowest BCUT2D eigenvalue weighted by molar-refractivity contribution is 0.146. The number of aromatic nitrogens is 2. The normalized spacial score (nSPS) is 20.7. The summed E-state index contributed by atoms with van der Waals surface area (Å²) in [5, 5.41) is 8.23. The zero-order chi connectivity index (χ0) is 14.9. The molecule has 0 aromatic carbocycles. The molecule has 23 heavy (non-hydrogen) atoms. The maximum Gasteiger partial charge on any atom is 0.318 e. The highest BCUT2D eigenvalue weighted by Gasteiger charge is 2.28. The van der Waals surface area contributed by atoms with E-state index >= 15 is 0 Å². The number of piperazine rings is 1. The Morgan fingerprint density at radius 1 is 1.00 bits per heavy atom. The molecule has 6 nitrogen and oxygen atoms in total. The van der Waals surface area contributed by atoms with E-state index < -0.39 is 5.54 Å². The molecule has 2 heterocycles. The summed E-state index contributed by atoms with van der Waals surface area (Å²) in [7, 11) is 0. The molecule has 1 aromatic heterocycles. The molecule has 1 aliphatic carbocycles. The molecule has 1 saturated heterocycles. The lowest BCUT2D eigenvalue weighted by Crippen LogP contribution is -2.51. The minimum Gasteiger partial charge on any atom is -0.406 e. The Morgan fingerprint density at radius 2 is 1.61 bits per heavy atom. The van der Waals surface area contributed by atoms with Gasteiger partial charge in [0.25, 0.3) is 0 Å². The molecule has 0 amide bonds. The third-order valence-corrected chi connectivity index (χ3v) is 4.64. The predicted octanol–water partition coefficient (Wildman–Crippen LogP) is 2.56. The second-order valence-electron chi connectivity index (χ2n) is 6.93. The highest BCUT2D eigenvalue weighted by Crippen LogP contribution is 2.25. The quantitative estimate of drug-likeness (QED) is 0.887. The molecule has 0 spiro atoms. The Hall–Kier alpha value is -0.560. The molecule has 3 rings (SSSR count). The molecule has 0 radical (unpaired) electrons. The molecule has 2 aliphatic rings. The zero-order valence-corrected chi connectivity index (χ0v) is 15.7. The van der Waals surface area contributed by atoms with Gasteiger partial charge in [-0.3, -0.25) is 4.90 Å². The van der Waals surface area contributed by atoms with E-state index in [0.29, 0.717) is 11.9 Å². The van der Waals surface area contributed by atoms with Gasteiger partial charge in [-0.1, -0.05) is 24.4 Å². The van der Waals surface area contributed by atoms with Crippen LogP contribution in [0.1, 0.15) is 51.8 Å². The fourth-order valence-corrected chi connectivity index (χ4v) is 3.33. The van der Waals surface area contributed by atoms with Crippen LogP contribution in [-0.2, 0) is 5.54 Å². The van der Waals surface area contributed by atoms with Crippen LogP contribution in [0.15, 0.2) is 4.42 Å². The monoisotopic (exact) mass is 365 g/mol. The van der Waals surface area contributed by atoms with Crippen LogP contribution in [0.4, 0.5) is 6.01 Å². The first-order valence-corrected chi connectivity index (χ1v) is 8.16. The van der Waals surface area contributed by atoms with Crippen LogP contribution in [0.5, 0.6) is 0 Å². The van der Waals surface area contributed by atoms with E-state index in [0.717, 1.165) is 32.2 Å². The van der Waals surface area contributed by atoms with Crippen LogP contribution in [0.2, 0.25) is 0 Å². The molecular formula is C15H29Cl2N5O. The molecule has 1 aliphatic heterocycles. The van der Waals surface area contributed by atoms with Gasteiger partial charge in [-0.15, -0.1) is 29.9 Å². The Bertz CT molecular complexity index is 463. The zero-order valence-electron chi connectivity index (χ0n) is 14.0. The molecule has 8 heteroatoms. The van der Waals surface area contributed by atoms with E-state index in [4.69, 9.17) is 10.2 Å². The van der Waals surface area contributed by atoms with Crippen molar-refractivity contribution >= 4 is 30.8 Å². The maximum absolute atomic E-state index is 6.00. The Balaban J connectivity index is 0.00000132. The number of hydrogen-bond acceptors (Lipinski definition) is 6. The van der Waals surface area contributed by atoms with Gasteiger partial charge in [-0.2, -0.15) is 0 Å². The van der Waals surface area contributed by atoms with Gasteiger partial charge in [-0.25, -0.2) is 0 Å². The summed E-state index contributed by atoms with van der Waals surface area (Å²) >= 11 is 0. The summed E-state index contributed by atoms with van der Waals surface area (Å²) in [5.41, 5.74) is 5.42. The van der Waals surface area contributed by atoms with Gasteiger partial charge >= 0.3 is 6.01 Å². The summed E-state index contributed by atoms with van der Waals surface area (Å²) in [5.74, 6) is 0.507. The van der Waals surface area contributed by atoms with Crippen molar-refractivity contribution in [1.82, 2.24) is 15.1 Å². The van der Waals surface area contributed by atoms with E-state index in [1.165, 1.54) is 32.1 Å². The molecule has 134 valence electrons. The van der Waals surface area contributed by atoms with Gasteiger partial charge in [0.1, 0.15) is 0 Å². The van der Waals surface area contributed by atoms with Crippen LogP contribution in [0.3, 0.4) is 0 Å². The fourth-order valence-electron chi connectivity index (χ4n) is 3.33. The van der Waals surface area contributed by atoms with Gasteiger partial charge in [0.15, 0.2) is 0 Å². The highest BCUT2D eigenvalue weighted by molar-refractivity contribution is 5.85. The molecule has 0 bridgehead atoms. The van der Waals surface area contributed by atoms with Crippen molar-refractivity contribution in [2.24, 2.45) is 5.73 Å². The van der Waals surface area contributed by atoms with Crippen molar-refractivity contribution in [3.63, 3.8) is 0 Å². The van der Waals surface area contributed by atoms with E-state index in [2.05, 4.69) is 20.0 Å². The van der Waals surface area contributed by atoms with Crippen LogP contribution in [0, 0.1) is 0 Å². The van der Waals surface area contributed by atoms with Crippen molar-refractivity contribution in [2.75, 3.05) is 31.1 Å². The number of rotatable bonds is 3. The second kappa shape index (κ2) is 8.51. The van der Waals surface area contributed by atoms with Crippen molar-refractivity contribution in [3.05, 3.63) is 5.89 Å². The first-order chi connectivity index (χ1) is 10.0. The largest absolute Gasteiger partial charge is 0.406 e. The number of anilines is 1. The highest BCUT2D eigenvalue weighted by atomic mass is 35.5. The Morgan fingerprint density at radius 3 is 2.13 bits per heavy atom. The molecule has 1 aromatic rings. The van der Waals surface area contributed by atoms with Crippen molar-refractivity contribution in [1.29, 1.82) is 0 Å². The fraction of sp³-hybridized carbons (Fsp3) is 0.867. The number of nitrogens with two attached hydrogens (primary N) is 1. The lowest BCUT2D eigenvalue weighted by Gasteiger charge is -2.40. The predicted molar refractivity (Wildman–Crippen MR) is 96.7 cm³/mol. The lowest BCUT2D eigenvalue weighted by atomic mass is 9.94. The SMILES string of the molecule is CC(C)(N)c1nnc(N2CCN(C3CCCCC3)CC2)o1.Cl.Cl. The minimum absolute atomic E-state index is 0. The molecule has 0 atom stereocenters. The smallest absolute Gasteiger partial charge is 0.318 e. The summed E-state index contributed by atoms with van der Waals surface area (Å²) in [6.45, 7) is 7.87. The molecule has 2 fully saturated rings. The summed E-state index contributed by atoms with van der Waals surface area (Å²) in [4.78, 5) is 4.82. The van der Waals surface area contributed by atoms with Crippen molar-refractivity contribution in [2.45, 2.75) is 57.5 Å². The van der Waals surface area contributed by atoms with Crippen LogP contribution < -0.4 is 10.6 Å². The maximum atomic E-state index is 6.00. The number of nitrogens with zero attached hydrogens (tertiary/aromatic N) is 4. The third-order valence-electron chi connectivity index (χ3n) is 4.64. The summed E-state index contributed by atoms with van der Waals surface area (Å²) in [6, 6.07) is 1.41. The second-order valence-corrected chi connectivity index (χ2v) is 6.93. The van der Waals surface area contributed by atoms with Crippen LogP contribution in [0.25, 0.3) is 0 Å². The standard InChI is InChI=1S/C15H27N5O.2ClH/c1-15(2,16)13-17-18-14(21-13)20-10-8-19(9-11-20)12-6-4-3-5-7-12;;/h12H,3-11,16H2,1-2H3;2*1H. The molecule has 2 N–H and O–H groups in total. The van der Waals surface area contributed by atoms with Gasteiger partial charge in [0.05, 0.1) is 5.54 Å². The van der Waals surface area contributed by atoms with E-state index in [9.17, 15) is 0 Å². The van der Waals surface area contributed by atoms with Gasteiger partial charge in [0.2, 0.25) is 5.89 Å². The molecule has 0 unspecified atom stereocenters. The topological polar surface area (TPSA) is 71.4 Å². The number of halogens is 2. The first-order valence-electron chi connectivity index (χ1n) is 8.16. The average Bonchev–Trinajstić information content (AvgIpc) is 2.98. The van der Waals surface area contributed by atoms with Gasteiger partial charge in [0, 0.05) is 32.2 Å². The summed E-state index contributed by atoms with van der Waals surface area (Å²) < 4.78 is 5.73. The Labute approximate surface area is 151 Å². The van der Waals surface area contributed by atoms with Crippen molar-refractivity contribution in [3.8, 4) is 0 Å². The van der Waals surface area contributed by atoms with Crippen LogP contribution in [-0.4, -0.2) is 47.3 Å². The van der Waals surface area contributed by atoms with E-state index in [1.807, 2.05) is 13.8 Å². The van der Waals surface area contributed by atoms with E-state index in [-0.39, 0.29) is 24.8 Å². The van der Waals surface area contributed by atoms with Crippen molar-refractivity contribution < 1.29 is 4.42 Å². The average molecular weight is 366 g/mol. The van der Waals surface area contributed by atoms with Crippen LogP contribution >= 0.6 is 24.8 Å². The molecular weight excluding hydrogens is 337 g/mol. The first kappa shape index (κ1) is 20.5. The third kappa shape index (κ3) is 4.95. The number of hydrogen-bond donors (Lipinski definition) is 1. The Kier molecular flexibility index (Phi) is 7.58. The van der Waals surface area contributed by atoms with Gasteiger partial charge in [-0.05, 0) is 26.7 Å².